The molecule has 0 aromatic rings. The summed E-state index contributed by atoms with van der Waals surface area (Å²) in [4.78, 5) is 0. The summed E-state index contributed by atoms with van der Waals surface area (Å²) in [5.41, 5.74) is 0. The molecule has 14 heavy (non-hydrogen) atoms. The predicted octanol–water partition coefficient (Wildman–Crippen LogP) is 2.19. The van der Waals surface area contributed by atoms with Gasteiger partial charge in [-0.25, -0.2) is 0 Å². The molecule has 0 spiro atoms. The van der Waals surface area contributed by atoms with Crippen molar-refractivity contribution in [2.75, 3.05) is 13.1 Å². The van der Waals surface area contributed by atoms with Gasteiger partial charge in [-0.15, -0.1) is 0 Å². The van der Waals surface area contributed by atoms with Crippen LogP contribution in [0.3, 0.4) is 0 Å². The van der Waals surface area contributed by atoms with Crippen LogP contribution in [0.5, 0.6) is 0 Å². The van der Waals surface area contributed by atoms with Gasteiger partial charge in [-0.05, 0) is 44.1 Å². The van der Waals surface area contributed by atoms with Crippen molar-refractivity contribution in [1.29, 1.82) is 0 Å². The Kier molecular flexibility index (Phi) is 3.45. The molecule has 1 N–H and O–H groups in total. The Labute approximate surface area is 87.4 Å². The van der Waals surface area contributed by atoms with Crippen molar-refractivity contribution in [3.05, 3.63) is 0 Å². The van der Waals surface area contributed by atoms with Crippen LogP contribution in [0.25, 0.3) is 0 Å². The average molecular weight is 197 g/mol. The molecule has 0 aromatic heterocycles. The molecule has 1 aliphatic heterocycles. The summed E-state index contributed by atoms with van der Waals surface area (Å²) in [6.07, 6.45) is 6.17. The zero-order valence-electron chi connectivity index (χ0n) is 9.46. The quantitative estimate of drug-likeness (QED) is 0.732. The first-order valence-corrected chi connectivity index (χ1v) is 6.12. The number of ether oxygens (including phenoxy) is 1. The summed E-state index contributed by atoms with van der Waals surface area (Å²) in [7, 11) is 0. The molecule has 1 heterocycles. The molecule has 0 aromatic carbocycles. The van der Waals surface area contributed by atoms with Crippen molar-refractivity contribution < 1.29 is 4.74 Å². The second kappa shape index (κ2) is 4.63. The number of hydrogen-bond donors (Lipinski definition) is 1. The van der Waals surface area contributed by atoms with Crippen LogP contribution in [0, 0.1) is 11.8 Å². The van der Waals surface area contributed by atoms with E-state index in [9.17, 15) is 0 Å². The summed E-state index contributed by atoms with van der Waals surface area (Å²) in [5, 5.41) is 3.36. The summed E-state index contributed by atoms with van der Waals surface area (Å²) in [5.74, 6) is 1.75. The SMILES string of the molecule is CC1CCC(OC2CCNC2)CC1C. The van der Waals surface area contributed by atoms with Gasteiger partial charge < -0.3 is 10.1 Å². The smallest absolute Gasteiger partial charge is 0.0715 e. The van der Waals surface area contributed by atoms with Crippen LogP contribution >= 0.6 is 0 Å². The summed E-state index contributed by atoms with van der Waals surface area (Å²) < 4.78 is 6.11. The molecule has 1 saturated carbocycles. The zero-order chi connectivity index (χ0) is 9.97. The molecule has 0 amide bonds. The van der Waals surface area contributed by atoms with Crippen molar-refractivity contribution in [3.8, 4) is 0 Å². The molecule has 0 bridgehead atoms. The van der Waals surface area contributed by atoms with E-state index in [1.807, 2.05) is 0 Å². The highest BCUT2D eigenvalue weighted by Gasteiger charge is 2.27. The minimum Gasteiger partial charge on any atom is -0.374 e. The molecule has 2 heteroatoms. The molecule has 4 atom stereocenters. The molecule has 2 aliphatic rings. The van der Waals surface area contributed by atoms with Crippen LogP contribution in [-0.4, -0.2) is 25.3 Å². The number of rotatable bonds is 2. The van der Waals surface area contributed by atoms with E-state index in [-0.39, 0.29) is 0 Å². The minimum absolute atomic E-state index is 0.501. The van der Waals surface area contributed by atoms with Gasteiger partial charge in [0.05, 0.1) is 12.2 Å². The molecule has 2 nitrogen and oxygen atoms in total. The highest BCUT2D eigenvalue weighted by atomic mass is 16.5. The molecule has 82 valence electrons. The van der Waals surface area contributed by atoms with E-state index >= 15 is 0 Å². The van der Waals surface area contributed by atoms with Gasteiger partial charge in [0.2, 0.25) is 0 Å². The van der Waals surface area contributed by atoms with Gasteiger partial charge in [0.1, 0.15) is 0 Å². The minimum atomic E-state index is 0.501. The van der Waals surface area contributed by atoms with Crippen molar-refractivity contribution in [2.45, 2.75) is 51.7 Å². The van der Waals surface area contributed by atoms with Crippen molar-refractivity contribution >= 4 is 0 Å². The Morgan fingerprint density at radius 1 is 1.00 bits per heavy atom. The summed E-state index contributed by atoms with van der Waals surface area (Å²) >= 11 is 0. The van der Waals surface area contributed by atoms with Gasteiger partial charge in [0.15, 0.2) is 0 Å². The van der Waals surface area contributed by atoms with Gasteiger partial charge >= 0.3 is 0 Å². The Morgan fingerprint density at radius 3 is 2.50 bits per heavy atom. The Balaban J connectivity index is 1.75. The van der Waals surface area contributed by atoms with Crippen molar-refractivity contribution in [3.63, 3.8) is 0 Å². The van der Waals surface area contributed by atoms with E-state index in [1.165, 1.54) is 25.7 Å². The molecular formula is C12H23NO. The summed E-state index contributed by atoms with van der Waals surface area (Å²) in [6, 6.07) is 0. The molecule has 0 radical (unpaired) electrons. The van der Waals surface area contributed by atoms with Gasteiger partial charge in [0, 0.05) is 6.54 Å². The third-order valence-electron chi connectivity index (χ3n) is 3.95. The standard InChI is InChI=1S/C12H23NO/c1-9-3-4-11(7-10(9)2)14-12-5-6-13-8-12/h9-13H,3-8H2,1-2H3. The third-order valence-corrected chi connectivity index (χ3v) is 3.95. The van der Waals surface area contributed by atoms with E-state index in [4.69, 9.17) is 4.74 Å². The lowest BCUT2D eigenvalue weighted by Crippen LogP contribution is -2.31. The largest absolute Gasteiger partial charge is 0.374 e. The molecule has 4 unspecified atom stereocenters. The number of hydrogen-bond acceptors (Lipinski definition) is 2. The monoisotopic (exact) mass is 197 g/mol. The van der Waals surface area contributed by atoms with Gasteiger partial charge in [0.25, 0.3) is 0 Å². The number of nitrogens with one attached hydrogen (secondary N) is 1. The second-order valence-corrected chi connectivity index (χ2v) is 5.14. The first-order chi connectivity index (χ1) is 6.75. The third kappa shape index (κ3) is 2.48. The van der Waals surface area contributed by atoms with Gasteiger partial charge in [-0.1, -0.05) is 13.8 Å². The zero-order valence-corrected chi connectivity index (χ0v) is 9.46. The average Bonchev–Trinajstić information content (AvgIpc) is 2.64. The lowest BCUT2D eigenvalue weighted by molar-refractivity contribution is -0.0384. The summed E-state index contributed by atoms with van der Waals surface area (Å²) in [6.45, 7) is 6.95. The fourth-order valence-corrected chi connectivity index (χ4v) is 2.64. The maximum Gasteiger partial charge on any atom is 0.0715 e. The van der Waals surface area contributed by atoms with Crippen LogP contribution in [0.15, 0.2) is 0 Å². The fourth-order valence-electron chi connectivity index (χ4n) is 2.64. The second-order valence-electron chi connectivity index (χ2n) is 5.14. The van der Waals surface area contributed by atoms with E-state index in [0.29, 0.717) is 12.2 Å². The van der Waals surface area contributed by atoms with E-state index in [2.05, 4.69) is 19.2 Å². The van der Waals surface area contributed by atoms with E-state index < -0.39 is 0 Å². The van der Waals surface area contributed by atoms with Crippen molar-refractivity contribution in [1.82, 2.24) is 5.32 Å². The fraction of sp³-hybridized carbons (Fsp3) is 1.00. The van der Waals surface area contributed by atoms with Gasteiger partial charge in [-0.3, -0.25) is 0 Å². The van der Waals surface area contributed by atoms with Crippen LogP contribution in [-0.2, 0) is 4.74 Å². The highest BCUT2D eigenvalue weighted by molar-refractivity contribution is 4.79. The van der Waals surface area contributed by atoms with Crippen LogP contribution in [0.4, 0.5) is 0 Å². The topological polar surface area (TPSA) is 21.3 Å². The van der Waals surface area contributed by atoms with Crippen molar-refractivity contribution in [2.24, 2.45) is 11.8 Å². The molecule has 2 rings (SSSR count). The van der Waals surface area contributed by atoms with Crippen LogP contribution in [0.1, 0.15) is 39.5 Å². The lowest BCUT2D eigenvalue weighted by Gasteiger charge is -2.33. The predicted molar refractivity (Wildman–Crippen MR) is 58.3 cm³/mol. The van der Waals surface area contributed by atoms with E-state index in [0.717, 1.165) is 24.9 Å². The highest BCUT2D eigenvalue weighted by Crippen LogP contribution is 2.31. The Bertz CT molecular complexity index is 177. The molecule has 1 saturated heterocycles. The van der Waals surface area contributed by atoms with Gasteiger partial charge in [-0.2, -0.15) is 0 Å². The van der Waals surface area contributed by atoms with Crippen LogP contribution in [0.2, 0.25) is 0 Å². The van der Waals surface area contributed by atoms with Crippen LogP contribution < -0.4 is 5.32 Å². The Morgan fingerprint density at radius 2 is 1.86 bits per heavy atom. The Hall–Kier alpha value is -0.0800. The first-order valence-electron chi connectivity index (χ1n) is 6.12. The normalized spacial score (nSPS) is 44.1. The molecular weight excluding hydrogens is 174 g/mol. The lowest BCUT2D eigenvalue weighted by atomic mass is 9.80. The molecule has 1 aliphatic carbocycles. The van der Waals surface area contributed by atoms with E-state index in [1.54, 1.807) is 0 Å². The maximum absolute atomic E-state index is 6.11. The maximum atomic E-state index is 6.11. The first kappa shape index (κ1) is 10.4. The molecule has 2 fully saturated rings.